The Bertz CT molecular complexity index is 3140. The van der Waals surface area contributed by atoms with Gasteiger partial charge in [-0.3, -0.25) is 4.57 Å². The molecule has 0 saturated heterocycles. The standard InChI is InChI=1S/C45H27N5O/c1-3-14-28(15-4-1)43-46-44(34-22-13-21-33-32-20-9-12-25-41(32)51-42(33)34)48-45(47-43)50-38-24-11-8-19-31(38)36-26-35-30-18-7-10-23-37(30)49(39(35)27-40(36)50)29-16-5-2-6-17-29/h1-27H. The lowest BCUT2D eigenvalue weighted by Gasteiger charge is -2.12. The number of benzene rings is 7. The molecule has 238 valence electrons. The monoisotopic (exact) mass is 653 g/mol. The van der Waals surface area contributed by atoms with Crippen LogP contribution in [0.1, 0.15) is 0 Å². The number of hydrogen-bond acceptors (Lipinski definition) is 4. The fraction of sp³-hybridized carbons (Fsp3) is 0. The van der Waals surface area contributed by atoms with Crippen molar-refractivity contribution in [2.75, 3.05) is 0 Å². The van der Waals surface area contributed by atoms with Gasteiger partial charge in [-0.25, -0.2) is 4.98 Å². The Morgan fingerprint density at radius 2 is 0.980 bits per heavy atom. The highest BCUT2D eigenvalue weighted by molar-refractivity contribution is 6.19. The van der Waals surface area contributed by atoms with Gasteiger partial charge in [0, 0.05) is 43.6 Å². The minimum atomic E-state index is 0.542. The van der Waals surface area contributed by atoms with Crippen LogP contribution in [0.25, 0.3) is 100.0 Å². The molecule has 4 aromatic heterocycles. The smallest absolute Gasteiger partial charge is 0.238 e. The second-order valence-electron chi connectivity index (χ2n) is 12.9. The Balaban J connectivity index is 1.25. The lowest BCUT2D eigenvalue weighted by atomic mass is 10.1. The van der Waals surface area contributed by atoms with E-state index in [-0.39, 0.29) is 0 Å². The maximum atomic E-state index is 6.48. The molecule has 0 aliphatic heterocycles. The van der Waals surface area contributed by atoms with Crippen LogP contribution in [0.3, 0.4) is 0 Å². The molecule has 0 fully saturated rings. The second kappa shape index (κ2) is 10.7. The van der Waals surface area contributed by atoms with E-state index in [4.69, 9.17) is 19.4 Å². The van der Waals surface area contributed by atoms with Crippen LogP contribution in [0.2, 0.25) is 0 Å². The first-order valence-corrected chi connectivity index (χ1v) is 17.0. The quantitative estimate of drug-likeness (QED) is 0.190. The fourth-order valence-electron chi connectivity index (χ4n) is 7.73. The van der Waals surface area contributed by atoms with E-state index in [9.17, 15) is 0 Å². The molecule has 0 unspecified atom stereocenters. The fourth-order valence-corrected chi connectivity index (χ4v) is 7.73. The number of fused-ring (bicyclic) bond motifs is 9. The van der Waals surface area contributed by atoms with Gasteiger partial charge in [0.1, 0.15) is 11.2 Å². The third-order valence-electron chi connectivity index (χ3n) is 9.98. The number of hydrogen-bond donors (Lipinski definition) is 0. The molecule has 6 heteroatoms. The van der Waals surface area contributed by atoms with Crippen LogP contribution in [0.5, 0.6) is 0 Å². The molecule has 11 aromatic rings. The third kappa shape index (κ3) is 4.14. The Hall–Kier alpha value is -7.05. The predicted octanol–water partition coefficient (Wildman–Crippen LogP) is 11.3. The summed E-state index contributed by atoms with van der Waals surface area (Å²) in [4.78, 5) is 15.6. The van der Waals surface area contributed by atoms with Crippen molar-refractivity contribution in [3.05, 3.63) is 164 Å². The number of rotatable bonds is 4. The van der Waals surface area contributed by atoms with Gasteiger partial charge in [-0.05, 0) is 48.5 Å². The number of para-hydroxylation sites is 5. The van der Waals surface area contributed by atoms with Crippen molar-refractivity contribution in [2.24, 2.45) is 0 Å². The van der Waals surface area contributed by atoms with Crippen LogP contribution < -0.4 is 0 Å². The van der Waals surface area contributed by atoms with Gasteiger partial charge in [0.15, 0.2) is 11.6 Å². The van der Waals surface area contributed by atoms with Crippen LogP contribution in [0.4, 0.5) is 0 Å². The van der Waals surface area contributed by atoms with Crippen molar-refractivity contribution in [1.29, 1.82) is 0 Å². The Kier molecular flexibility index (Phi) is 5.86. The van der Waals surface area contributed by atoms with Crippen LogP contribution in [0.15, 0.2) is 168 Å². The lowest BCUT2D eigenvalue weighted by molar-refractivity contribution is 0.669. The van der Waals surface area contributed by atoms with Gasteiger partial charge in [0.05, 0.1) is 27.6 Å². The summed E-state index contributed by atoms with van der Waals surface area (Å²) in [6.07, 6.45) is 0. The molecule has 0 N–H and O–H groups in total. The van der Waals surface area contributed by atoms with Crippen molar-refractivity contribution in [1.82, 2.24) is 24.1 Å². The first kappa shape index (κ1) is 27.9. The van der Waals surface area contributed by atoms with E-state index in [1.807, 2.05) is 60.7 Å². The molecule has 0 saturated carbocycles. The van der Waals surface area contributed by atoms with E-state index in [2.05, 4.69) is 112 Å². The average molecular weight is 654 g/mol. The van der Waals surface area contributed by atoms with Crippen molar-refractivity contribution in [2.45, 2.75) is 0 Å². The number of aromatic nitrogens is 5. The molecule has 51 heavy (non-hydrogen) atoms. The maximum absolute atomic E-state index is 6.48. The van der Waals surface area contributed by atoms with Crippen molar-refractivity contribution in [3.8, 4) is 34.4 Å². The second-order valence-corrected chi connectivity index (χ2v) is 12.9. The molecular weight excluding hydrogens is 627 g/mol. The van der Waals surface area contributed by atoms with Gasteiger partial charge in [0.2, 0.25) is 5.95 Å². The molecule has 0 radical (unpaired) electrons. The molecular formula is C45H27N5O. The highest BCUT2D eigenvalue weighted by Gasteiger charge is 2.22. The summed E-state index contributed by atoms with van der Waals surface area (Å²) in [5.41, 5.74) is 8.74. The van der Waals surface area contributed by atoms with Crippen molar-refractivity contribution >= 4 is 65.6 Å². The summed E-state index contributed by atoms with van der Waals surface area (Å²) in [6, 6.07) is 56.7. The summed E-state index contributed by atoms with van der Waals surface area (Å²) < 4.78 is 11.0. The minimum Gasteiger partial charge on any atom is -0.455 e. The highest BCUT2D eigenvalue weighted by atomic mass is 16.3. The van der Waals surface area contributed by atoms with E-state index < -0.39 is 0 Å². The minimum absolute atomic E-state index is 0.542. The van der Waals surface area contributed by atoms with E-state index in [1.54, 1.807) is 0 Å². The third-order valence-corrected chi connectivity index (χ3v) is 9.98. The van der Waals surface area contributed by atoms with Crippen molar-refractivity contribution in [3.63, 3.8) is 0 Å². The lowest BCUT2D eigenvalue weighted by Crippen LogP contribution is -2.06. The molecule has 0 atom stereocenters. The zero-order valence-electron chi connectivity index (χ0n) is 27.2. The molecule has 6 nitrogen and oxygen atoms in total. The van der Waals surface area contributed by atoms with Crippen LogP contribution in [0, 0.1) is 0 Å². The van der Waals surface area contributed by atoms with Crippen LogP contribution in [-0.4, -0.2) is 24.1 Å². The summed E-state index contributed by atoms with van der Waals surface area (Å²) in [7, 11) is 0. The van der Waals surface area contributed by atoms with Gasteiger partial charge >= 0.3 is 0 Å². The zero-order valence-corrected chi connectivity index (χ0v) is 27.2. The number of furan rings is 1. The molecule has 0 aliphatic carbocycles. The molecule has 0 amide bonds. The first-order valence-electron chi connectivity index (χ1n) is 17.0. The molecule has 11 rings (SSSR count). The Labute approximate surface area is 291 Å². The summed E-state index contributed by atoms with van der Waals surface area (Å²) in [6.45, 7) is 0. The first-order chi connectivity index (χ1) is 25.3. The summed E-state index contributed by atoms with van der Waals surface area (Å²) >= 11 is 0. The van der Waals surface area contributed by atoms with E-state index in [0.717, 1.165) is 71.6 Å². The van der Waals surface area contributed by atoms with E-state index in [1.165, 1.54) is 10.8 Å². The zero-order chi connectivity index (χ0) is 33.5. The van der Waals surface area contributed by atoms with Gasteiger partial charge in [-0.2, -0.15) is 9.97 Å². The number of nitrogens with zero attached hydrogens (tertiary/aromatic N) is 5. The topological polar surface area (TPSA) is 61.7 Å². The molecule has 0 spiro atoms. The van der Waals surface area contributed by atoms with Gasteiger partial charge < -0.3 is 8.98 Å². The van der Waals surface area contributed by atoms with E-state index >= 15 is 0 Å². The highest BCUT2D eigenvalue weighted by Crippen LogP contribution is 2.40. The van der Waals surface area contributed by atoms with Crippen LogP contribution >= 0.6 is 0 Å². The van der Waals surface area contributed by atoms with Gasteiger partial charge in [-0.1, -0.05) is 115 Å². The van der Waals surface area contributed by atoms with Gasteiger partial charge in [0.25, 0.3) is 0 Å². The average Bonchev–Trinajstić information content (AvgIpc) is 3.85. The van der Waals surface area contributed by atoms with E-state index in [0.29, 0.717) is 17.6 Å². The molecule has 0 bridgehead atoms. The molecule has 4 heterocycles. The largest absolute Gasteiger partial charge is 0.455 e. The normalized spacial score (nSPS) is 11.9. The maximum Gasteiger partial charge on any atom is 0.238 e. The molecule has 7 aromatic carbocycles. The summed E-state index contributed by atoms with van der Waals surface area (Å²) in [5, 5.41) is 6.77. The van der Waals surface area contributed by atoms with Crippen molar-refractivity contribution < 1.29 is 4.42 Å². The van der Waals surface area contributed by atoms with Crippen LogP contribution in [-0.2, 0) is 0 Å². The summed E-state index contributed by atoms with van der Waals surface area (Å²) in [5.74, 6) is 1.68. The van der Waals surface area contributed by atoms with Gasteiger partial charge in [-0.15, -0.1) is 0 Å². The SMILES string of the molecule is c1ccc(-c2nc(-c3cccc4c3oc3ccccc34)nc(-n3c4ccccc4c4cc5c6ccccc6n(-c6ccccc6)c5cc43)n2)cc1. The predicted molar refractivity (Wildman–Crippen MR) is 207 cm³/mol. The Morgan fingerprint density at radius 1 is 0.392 bits per heavy atom. The Morgan fingerprint density at radius 3 is 1.75 bits per heavy atom. The molecule has 0 aliphatic rings.